The number of aryl methyl sites for hydroxylation is 2. The Bertz CT molecular complexity index is 456. The van der Waals surface area contributed by atoms with Crippen LogP contribution in [0, 0.1) is 6.92 Å². The van der Waals surface area contributed by atoms with Gasteiger partial charge in [-0.25, -0.2) is 0 Å². The first-order valence-electron chi connectivity index (χ1n) is 6.74. The maximum atomic E-state index is 11.4. The zero-order chi connectivity index (χ0) is 14.6. The quantitative estimate of drug-likeness (QED) is 0.847. The van der Waals surface area contributed by atoms with E-state index in [2.05, 4.69) is 20.8 Å². The highest BCUT2D eigenvalue weighted by Gasteiger charge is 2.21. The van der Waals surface area contributed by atoms with Crippen LogP contribution in [0.4, 0.5) is 0 Å². The average molecular weight is 264 g/mol. The first-order valence-corrected chi connectivity index (χ1v) is 6.74. The Morgan fingerprint density at radius 3 is 2.47 bits per heavy atom. The fourth-order valence-corrected chi connectivity index (χ4v) is 2.09. The van der Waals surface area contributed by atoms with E-state index < -0.39 is 0 Å². The molecule has 1 aromatic rings. The zero-order valence-corrected chi connectivity index (χ0v) is 12.5. The number of carbonyl (C=O) groups is 1. The van der Waals surface area contributed by atoms with Gasteiger partial charge in [0.15, 0.2) is 0 Å². The molecule has 0 radical (unpaired) electrons. The van der Waals surface area contributed by atoms with Crippen molar-refractivity contribution < 1.29 is 14.6 Å². The van der Waals surface area contributed by atoms with E-state index in [4.69, 9.17) is 4.74 Å². The molecule has 0 aromatic heterocycles. The molecule has 0 aliphatic heterocycles. The van der Waals surface area contributed by atoms with Gasteiger partial charge in [-0.15, -0.1) is 0 Å². The van der Waals surface area contributed by atoms with Gasteiger partial charge < -0.3 is 9.84 Å². The average Bonchev–Trinajstić information content (AvgIpc) is 2.28. The number of hydrogen-bond acceptors (Lipinski definition) is 3. The summed E-state index contributed by atoms with van der Waals surface area (Å²) in [5, 5.41) is 10.3. The fourth-order valence-electron chi connectivity index (χ4n) is 2.09. The van der Waals surface area contributed by atoms with E-state index in [1.807, 2.05) is 19.1 Å². The van der Waals surface area contributed by atoms with Crippen molar-refractivity contribution in [2.75, 3.05) is 6.61 Å². The third kappa shape index (κ3) is 4.27. The maximum Gasteiger partial charge on any atom is 0.306 e. The van der Waals surface area contributed by atoms with Gasteiger partial charge in [0, 0.05) is 6.42 Å². The van der Waals surface area contributed by atoms with Crippen LogP contribution in [0.25, 0.3) is 0 Å². The smallest absolute Gasteiger partial charge is 0.306 e. The van der Waals surface area contributed by atoms with E-state index >= 15 is 0 Å². The Kier molecular flexibility index (Phi) is 4.98. The minimum atomic E-state index is -0.222. The molecule has 3 nitrogen and oxygen atoms in total. The SMILES string of the molecule is CCOC(=O)CCc1cc(C)cc(C(C)(C)C)c1O. The van der Waals surface area contributed by atoms with Crippen molar-refractivity contribution in [3.8, 4) is 5.75 Å². The van der Waals surface area contributed by atoms with Crippen LogP contribution in [0.2, 0.25) is 0 Å². The second-order valence-electron chi connectivity index (χ2n) is 5.88. The number of benzene rings is 1. The maximum absolute atomic E-state index is 11.4. The molecule has 0 aliphatic rings. The molecule has 0 saturated carbocycles. The number of carbonyl (C=O) groups excluding carboxylic acids is 1. The number of rotatable bonds is 4. The molecule has 0 bridgehead atoms. The van der Waals surface area contributed by atoms with Gasteiger partial charge in [-0.3, -0.25) is 4.79 Å². The van der Waals surface area contributed by atoms with Crippen LogP contribution in [-0.4, -0.2) is 17.7 Å². The number of ether oxygens (including phenoxy) is 1. The summed E-state index contributed by atoms with van der Waals surface area (Å²) in [7, 11) is 0. The van der Waals surface area contributed by atoms with Gasteiger partial charge in [-0.1, -0.05) is 38.5 Å². The second kappa shape index (κ2) is 6.09. The largest absolute Gasteiger partial charge is 0.507 e. The molecule has 0 aliphatic carbocycles. The minimum Gasteiger partial charge on any atom is -0.507 e. The second-order valence-corrected chi connectivity index (χ2v) is 5.88. The van der Waals surface area contributed by atoms with E-state index in [1.165, 1.54) is 0 Å². The first-order chi connectivity index (χ1) is 8.75. The normalized spacial score (nSPS) is 11.4. The predicted octanol–water partition coefficient (Wildman–Crippen LogP) is 3.49. The molecule has 3 heteroatoms. The lowest BCUT2D eigenvalue weighted by Crippen LogP contribution is -2.13. The third-order valence-corrected chi connectivity index (χ3v) is 3.04. The molecule has 0 fully saturated rings. The van der Waals surface area contributed by atoms with Crippen LogP contribution < -0.4 is 0 Å². The highest BCUT2D eigenvalue weighted by molar-refractivity contribution is 5.70. The van der Waals surface area contributed by atoms with Crippen LogP contribution in [0.3, 0.4) is 0 Å². The van der Waals surface area contributed by atoms with E-state index in [9.17, 15) is 9.90 Å². The highest BCUT2D eigenvalue weighted by atomic mass is 16.5. The number of phenols is 1. The van der Waals surface area contributed by atoms with Gasteiger partial charge in [-0.2, -0.15) is 0 Å². The van der Waals surface area contributed by atoms with Crippen molar-refractivity contribution in [1.82, 2.24) is 0 Å². The minimum absolute atomic E-state index is 0.116. The number of aromatic hydroxyl groups is 1. The Hall–Kier alpha value is -1.51. The zero-order valence-electron chi connectivity index (χ0n) is 12.5. The summed E-state index contributed by atoms with van der Waals surface area (Å²) in [6.45, 7) is 10.4. The van der Waals surface area contributed by atoms with Crippen molar-refractivity contribution >= 4 is 5.97 Å². The van der Waals surface area contributed by atoms with E-state index in [0.29, 0.717) is 25.2 Å². The molecular weight excluding hydrogens is 240 g/mol. The van der Waals surface area contributed by atoms with Crippen molar-refractivity contribution in [3.05, 3.63) is 28.8 Å². The van der Waals surface area contributed by atoms with E-state index in [-0.39, 0.29) is 11.4 Å². The molecule has 0 saturated heterocycles. The molecule has 0 unspecified atom stereocenters. The lowest BCUT2D eigenvalue weighted by molar-refractivity contribution is -0.143. The molecule has 106 valence electrons. The van der Waals surface area contributed by atoms with E-state index in [0.717, 1.165) is 16.7 Å². The number of esters is 1. The van der Waals surface area contributed by atoms with Crippen molar-refractivity contribution in [2.24, 2.45) is 0 Å². The topological polar surface area (TPSA) is 46.5 Å². The molecular formula is C16H24O3. The van der Waals surface area contributed by atoms with Gasteiger partial charge >= 0.3 is 5.97 Å². The third-order valence-electron chi connectivity index (χ3n) is 3.04. The summed E-state index contributed by atoms with van der Waals surface area (Å²) < 4.78 is 4.91. The molecule has 0 amide bonds. The van der Waals surface area contributed by atoms with Crippen LogP contribution >= 0.6 is 0 Å². The van der Waals surface area contributed by atoms with E-state index in [1.54, 1.807) is 6.92 Å². The van der Waals surface area contributed by atoms with Gasteiger partial charge in [0.2, 0.25) is 0 Å². The molecule has 19 heavy (non-hydrogen) atoms. The Balaban J connectivity index is 2.96. The van der Waals surface area contributed by atoms with Crippen molar-refractivity contribution in [2.45, 2.75) is 52.9 Å². The highest BCUT2D eigenvalue weighted by Crippen LogP contribution is 2.34. The van der Waals surface area contributed by atoms with Crippen LogP contribution in [0.5, 0.6) is 5.75 Å². The molecule has 0 spiro atoms. The van der Waals surface area contributed by atoms with Gasteiger partial charge in [0.05, 0.1) is 6.61 Å². The summed E-state index contributed by atoms with van der Waals surface area (Å²) in [6, 6.07) is 3.94. The lowest BCUT2D eigenvalue weighted by atomic mass is 9.83. The summed E-state index contributed by atoms with van der Waals surface area (Å²) >= 11 is 0. The molecule has 0 heterocycles. The molecule has 1 aromatic carbocycles. The van der Waals surface area contributed by atoms with Crippen LogP contribution in [0.15, 0.2) is 12.1 Å². The van der Waals surface area contributed by atoms with Gasteiger partial charge in [-0.05, 0) is 36.8 Å². The summed E-state index contributed by atoms with van der Waals surface area (Å²) in [6.07, 6.45) is 0.809. The van der Waals surface area contributed by atoms with Gasteiger partial charge in [0.25, 0.3) is 0 Å². The summed E-state index contributed by atoms with van der Waals surface area (Å²) in [5.74, 6) is 0.0862. The first kappa shape index (κ1) is 15.5. The Morgan fingerprint density at radius 1 is 1.32 bits per heavy atom. The molecule has 0 atom stereocenters. The van der Waals surface area contributed by atoms with Gasteiger partial charge in [0.1, 0.15) is 5.75 Å². The Morgan fingerprint density at radius 2 is 1.95 bits per heavy atom. The van der Waals surface area contributed by atoms with Crippen LogP contribution in [-0.2, 0) is 21.4 Å². The molecule has 1 rings (SSSR count). The Labute approximate surface area is 115 Å². The monoisotopic (exact) mass is 264 g/mol. The summed E-state index contributed by atoms with van der Waals surface area (Å²) in [4.78, 5) is 11.4. The summed E-state index contributed by atoms with van der Waals surface area (Å²) in [5.41, 5.74) is 2.72. The standard InChI is InChI=1S/C16H24O3/c1-6-19-14(17)8-7-12-9-11(2)10-13(15(12)18)16(3,4)5/h9-10,18H,6-8H2,1-5H3. The fraction of sp³-hybridized carbons (Fsp3) is 0.562. The van der Waals surface area contributed by atoms with Crippen molar-refractivity contribution in [1.29, 1.82) is 0 Å². The van der Waals surface area contributed by atoms with Crippen molar-refractivity contribution in [3.63, 3.8) is 0 Å². The predicted molar refractivity (Wildman–Crippen MR) is 76.5 cm³/mol. The lowest BCUT2D eigenvalue weighted by Gasteiger charge is -2.23. The molecule has 1 N–H and O–H groups in total. The van der Waals surface area contributed by atoms with Crippen LogP contribution in [0.1, 0.15) is 50.8 Å². The number of phenolic OH excluding ortho intramolecular Hbond substituents is 1. The number of hydrogen-bond donors (Lipinski definition) is 1.